The van der Waals surface area contributed by atoms with Gasteiger partial charge in [-0.05, 0) is 29.3 Å². The van der Waals surface area contributed by atoms with Gasteiger partial charge in [-0.3, -0.25) is 19.3 Å². The lowest BCUT2D eigenvalue weighted by Crippen LogP contribution is -2.46. The average molecular weight is 327 g/mol. The van der Waals surface area contributed by atoms with Crippen LogP contribution in [0.15, 0.2) is 48.5 Å². The van der Waals surface area contributed by atoms with Crippen LogP contribution in [0.5, 0.6) is 0 Å². The fourth-order valence-corrected chi connectivity index (χ4v) is 2.75. The van der Waals surface area contributed by atoms with Crippen LogP contribution in [-0.4, -0.2) is 29.8 Å². The first kappa shape index (κ1) is 15.9. The van der Waals surface area contributed by atoms with E-state index in [4.69, 9.17) is 4.74 Å². The number of carbonyl (C=O) groups excluding carboxylic acids is 3. The number of hydrogen-bond acceptors (Lipinski definition) is 4. The van der Waals surface area contributed by atoms with E-state index >= 15 is 0 Å². The summed E-state index contributed by atoms with van der Waals surface area (Å²) < 4.78 is 17.7. The number of fused-ring (bicyclic) bond motifs is 1. The van der Waals surface area contributed by atoms with Gasteiger partial charge in [0, 0.05) is 5.56 Å². The predicted octanol–water partition coefficient (Wildman–Crippen LogP) is 2.26. The van der Waals surface area contributed by atoms with Crippen molar-refractivity contribution in [3.63, 3.8) is 0 Å². The maximum absolute atomic E-state index is 13.0. The molecule has 0 aliphatic carbocycles. The quantitative estimate of drug-likeness (QED) is 0.493. The van der Waals surface area contributed by atoms with Gasteiger partial charge < -0.3 is 4.74 Å². The molecule has 1 atom stereocenters. The molecule has 2 aromatic rings. The van der Waals surface area contributed by atoms with Gasteiger partial charge in [0.15, 0.2) is 5.92 Å². The Bertz CT molecular complexity index is 816. The highest BCUT2D eigenvalue weighted by molar-refractivity contribution is 6.17. The lowest BCUT2D eigenvalue weighted by atomic mass is 9.88. The van der Waals surface area contributed by atoms with Gasteiger partial charge in [-0.15, -0.1) is 0 Å². The van der Waals surface area contributed by atoms with Crippen molar-refractivity contribution in [1.29, 1.82) is 0 Å². The Labute approximate surface area is 137 Å². The van der Waals surface area contributed by atoms with Crippen LogP contribution >= 0.6 is 0 Å². The molecule has 0 N–H and O–H groups in total. The van der Waals surface area contributed by atoms with Crippen LogP contribution < -0.4 is 0 Å². The minimum atomic E-state index is -1.18. The minimum Gasteiger partial charge on any atom is -0.468 e. The Morgan fingerprint density at radius 3 is 2.46 bits per heavy atom. The highest BCUT2D eigenvalue weighted by Gasteiger charge is 2.43. The number of esters is 1. The lowest BCUT2D eigenvalue weighted by molar-refractivity contribution is -0.149. The van der Waals surface area contributed by atoms with Crippen molar-refractivity contribution < 1.29 is 23.5 Å². The Balaban J connectivity index is 2.01. The van der Waals surface area contributed by atoms with Gasteiger partial charge in [0.2, 0.25) is 5.91 Å². The van der Waals surface area contributed by atoms with Gasteiger partial charge in [0.1, 0.15) is 5.82 Å². The number of imide groups is 1. The molecule has 2 amide bonds. The van der Waals surface area contributed by atoms with Crippen molar-refractivity contribution in [3.05, 3.63) is 71.0 Å². The van der Waals surface area contributed by atoms with Crippen molar-refractivity contribution in [3.8, 4) is 0 Å². The third-order valence-electron chi connectivity index (χ3n) is 3.95. The molecule has 0 bridgehead atoms. The van der Waals surface area contributed by atoms with Gasteiger partial charge >= 0.3 is 5.97 Å². The number of rotatable bonds is 3. The molecule has 0 saturated carbocycles. The van der Waals surface area contributed by atoms with Crippen LogP contribution in [-0.2, 0) is 20.9 Å². The zero-order valence-corrected chi connectivity index (χ0v) is 12.9. The molecule has 5 nitrogen and oxygen atoms in total. The molecule has 1 aliphatic rings. The second kappa shape index (κ2) is 6.23. The molecular weight excluding hydrogens is 313 g/mol. The van der Waals surface area contributed by atoms with E-state index in [1.165, 1.54) is 31.4 Å². The number of hydrogen-bond donors (Lipinski definition) is 0. The van der Waals surface area contributed by atoms with Crippen LogP contribution in [0.1, 0.15) is 27.4 Å². The molecule has 0 saturated heterocycles. The van der Waals surface area contributed by atoms with Crippen molar-refractivity contribution >= 4 is 17.8 Å². The smallest absolute Gasteiger partial charge is 0.322 e. The maximum Gasteiger partial charge on any atom is 0.322 e. The van der Waals surface area contributed by atoms with E-state index < -0.39 is 29.5 Å². The number of carbonyl (C=O) groups is 3. The van der Waals surface area contributed by atoms with Crippen molar-refractivity contribution in [2.45, 2.75) is 12.5 Å². The molecule has 1 unspecified atom stereocenters. The maximum atomic E-state index is 13.0. The first-order chi connectivity index (χ1) is 11.5. The zero-order valence-electron chi connectivity index (χ0n) is 12.9. The summed E-state index contributed by atoms with van der Waals surface area (Å²) in [6.45, 7) is -0.0419. The van der Waals surface area contributed by atoms with Gasteiger partial charge in [-0.2, -0.15) is 0 Å². The summed E-state index contributed by atoms with van der Waals surface area (Å²) in [6, 6.07) is 11.9. The Morgan fingerprint density at radius 2 is 1.79 bits per heavy atom. The molecule has 0 fully saturated rings. The highest BCUT2D eigenvalue weighted by Crippen LogP contribution is 2.31. The van der Waals surface area contributed by atoms with E-state index in [0.717, 1.165) is 4.90 Å². The van der Waals surface area contributed by atoms with Crippen molar-refractivity contribution in [2.24, 2.45) is 0 Å². The normalized spacial score (nSPS) is 16.8. The molecular formula is C18H14FNO4. The molecule has 0 spiro atoms. The number of amides is 2. The Kier molecular flexibility index (Phi) is 4.12. The molecule has 6 heteroatoms. The molecule has 1 heterocycles. The predicted molar refractivity (Wildman–Crippen MR) is 82.5 cm³/mol. The summed E-state index contributed by atoms with van der Waals surface area (Å²) >= 11 is 0. The van der Waals surface area contributed by atoms with E-state index in [1.807, 2.05) is 0 Å². The number of ether oxygens (including phenoxy) is 1. The lowest BCUT2D eigenvalue weighted by Gasteiger charge is -2.31. The van der Waals surface area contributed by atoms with Gasteiger partial charge in [-0.25, -0.2) is 4.39 Å². The standard InChI is InChI=1S/C18H14FNO4/c1-24-18(23)15-13-4-2-3-5-14(13)16(21)20(17(15)22)10-11-6-8-12(19)9-7-11/h2-9,15H,10H2,1H3. The third kappa shape index (κ3) is 2.67. The first-order valence-corrected chi connectivity index (χ1v) is 7.30. The van der Waals surface area contributed by atoms with Crippen molar-refractivity contribution in [2.75, 3.05) is 7.11 Å². The number of benzene rings is 2. The molecule has 1 aliphatic heterocycles. The van der Waals surface area contributed by atoms with Crippen LogP contribution in [0.2, 0.25) is 0 Å². The van der Waals surface area contributed by atoms with E-state index in [1.54, 1.807) is 24.3 Å². The van der Waals surface area contributed by atoms with E-state index in [0.29, 0.717) is 11.1 Å². The topological polar surface area (TPSA) is 63.7 Å². The van der Waals surface area contributed by atoms with Crippen LogP contribution in [0.4, 0.5) is 4.39 Å². The van der Waals surface area contributed by atoms with Gasteiger partial charge in [0.25, 0.3) is 5.91 Å². The second-order valence-corrected chi connectivity index (χ2v) is 5.40. The molecule has 0 radical (unpaired) electrons. The molecule has 24 heavy (non-hydrogen) atoms. The van der Waals surface area contributed by atoms with Crippen molar-refractivity contribution in [1.82, 2.24) is 4.90 Å². The summed E-state index contributed by atoms with van der Waals surface area (Å²) in [5, 5.41) is 0. The SMILES string of the molecule is COC(=O)C1C(=O)N(Cc2ccc(F)cc2)C(=O)c2ccccc21. The fourth-order valence-electron chi connectivity index (χ4n) is 2.75. The fraction of sp³-hybridized carbons (Fsp3) is 0.167. The largest absolute Gasteiger partial charge is 0.468 e. The zero-order chi connectivity index (χ0) is 17.3. The van der Waals surface area contributed by atoms with Crippen LogP contribution in [0.3, 0.4) is 0 Å². The van der Waals surface area contributed by atoms with Crippen LogP contribution in [0.25, 0.3) is 0 Å². The summed E-state index contributed by atoms with van der Waals surface area (Å²) in [7, 11) is 1.19. The number of nitrogens with zero attached hydrogens (tertiary/aromatic N) is 1. The third-order valence-corrected chi connectivity index (χ3v) is 3.95. The minimum absolute atomic E-state index is 0.0419. The van der Waals surface area contributed by atoms with Gasteiger partial charge in [-0.1, -0.05) is 30.3 Å². The molecule has 3 rings (SSSR count). The highest BCUT2D eigenvalue weighted by atomic mass is 19.1. The molecule has 0 aromatic heterocycles. The van der Waals surface area contributed by atoms with E-state index in [9.17, 15) is 18.8 Å². The first-order valence-electron chi connectivity index (χ1n) is 7.30. The summed E-state index contributed by atoms with van der Waals surface area (Å²) in [5.41, 5.74) is 1.21. The monoisotopic (exact) mass is 327 g/mol. The van der Waals surface area contributed by atoms with Gasteiger partial charge in [0.05, 0.1) is 13.7 Å². The average Bonchev–Trinajstić information content (AvgIpc) is 2.60. The Hall–Kier alpha value is -3.02. The summed E-state index contributed by atoms with van der Waals surface area (Å²) in [5.74, 6) is -3.43. The van der Waals surface area contributed by atoms with E-state index in [-0.39, 0.29) is 12.1 Å². The molecule has 2 aromatic carbocycles. The number of methoxy groups -OCH3 is 1. The molecule has 122 valence electrons. The Morgan fingerprint density at radius 1 is 1.12 bits per heavy atom. The van der Waals surface area contributed by atoms with Crippen LogP contribution in [0, 0.1) is 5.82 Å². The number of halogens is 1. The second-order valence-electron chi connectivity index (χ2n) is 5.40. The van der Waals surface area contributed by atoms with E-state index in [2.05, 4.69) is 0 Å². The summed E-state index contributed by atoms with van der Waals surface area (Å²) in [4.78, 5) is 38.4. The summed E-state index contributed by atoms with van der Waals surface area (Å²) in [6.07, 6.45) is 0.